The Morgan fingerprint density at radius 2 is 2.10 bits per heavy atom. The zero-order chi connectivity index (χ0) is 14.0. The normalized spacial score (nSPS) is 18.1. The third-order valence-corrected chi connectivity index (χ3v) is 3.48. The molecule has 0 radical (unpaired) electrons. The minimum atomic E-state index is -0.944. The summed E-state index contributed by atoms with van der Waals surface area (Å²) in [6, 6.07) is 4.61. The summed E-state index contributed by atoms with van der Waals surface area (Å²) in [4.78, 5) is 7.97. The van der Waals surface area contributed by atoms with Gasteiger partial charge in [-0.1, -0.05) is 6.07 Å². The van der Waals surface area contributed by atoms with Crippen LogP contribution in [0, 0.1) is 5.82 Å². The van der Waals surface area contributed by atoms with Gasteiger partial charge in [0.1, 0.15) is 24.4 Å². The predicted octanol–water partition coefficient (Wildman–Crippen LogP) is 1.69. The summed E-state index contributed by atoms with van der Waals surface area (Å²) in [7, 11) is 0. The summed E-state index contributed by atoms with van der Waals surface area (Å²) in [5.74, 6) is -0.273. The van der Waals surface area contributed by atoms with Crippen LogP contribution in [0.5, 0.6) is 5.88 Å². The number of halogens is 1. The lowest BCUT2D eigenvalue weighted by molar-refractivity contribution is -0.0859. The van der Waals surface area contributed by atoms with Crippen LogP contribution in [-0.2, 0) is 4.74 Å². The maximum Gasteiger partial charge on any atom is 0.227 e. The van der Waals surface area contributed by atoms with Crippen LogP contribution in [0.25, 0.3) is 10.9 Å². The molecular weight excluding hydrogens is 263 g/mol. The van der Waals surface area contributed by atoms with E-state index in [1.54, 1.807) is 12.1 Å². The molecule has 1 fully saturated rings. The Morgan fingerprint density at radius 3 is 2.90 bits per heavy atom. The van der Waals surface area contributed by atoms with Crippen molar-refractivity contribution in [1.82, 2.24) is 9.97 Å². The molecule has 0 spiro atoms. The highest BCUT2D eigenvalue weighted by atomic mass is 19.1. The van der Waals surface area contributed by atoms with E-state index in [-0.39, 0.29) is 17.9 Å². The topological polar surface area (TPSA) is 64.5 Å². The molecule has 1 aliphatic rings. The molecule has 1 aromatic carbocycles. The third-order valence-electron chi connectivity index (χ3n) is 3.48. The molecule has 2 heterocycles. The minimum absolute atomic E-state index is 0.0663. The quantitative estimate of drug-likeness (QED) is 0.925. The van der Waals surface area contributed by atoms with Crippen LogP contribution < -0.4 is 4.74 Å². The zero-order valence-electron chi connectivity index (χ0n) is 10.9. The van der Waals surface area contributed by atoms with Gasteiger partial charge in [0.15, 0.2) is 0 Å². The number of fused-ring (bicyclic) bond motifs is 1. The number of ether oxygens (including phenoxy) is 2. The van der Waals surface area contributed by atoms with Crippen LogP contribution in [0.1, 0.15) is 12.8 Å². The molecular formula is C14H15FN2O3. The average molecular weight is 278 g/mol. The van der Waals surface area contributed by atoms with Crippen LogP contribution in [0.15, 0.2) is 24.5 Å². The van der Waals surface area contributed by atoms with E-state index in [2.05, 4.69) is 9.97 Å². The number of aliphatic hydroxyl groups is 1. The fourth-order valence-electron chi connectivity index (χ4n) is 2.25. The van der Waals surface area contributed by atoms with Crippen molar-refractivity contribution in [3.63, 3.8) is 0 Å². The molecule has 0 aliphatic carbocycles. The van der Waals surface area contributed by atoms with Gasteiger partial charge in [0, 0.05) is 26.1 Å². The molecule has 3 rings (SSSR count). The first kappa shape index (κ1) is 13.2. The number of rotatable bonds is 3. The molecule has 0 atom stereocenters. The van der Waals surface area contributed by atoms with Gasteiger partial charge in [-0.25, -0.2) is 14.4 Å². The van der Waals surface area contributed by atoms with Crippen molar-refractivity contribution in [2.24, 2.45) is 0 Å². The number of benzene rings is 1. The largest absolute Gasteiger partial charge is 0.474 e. The summed E-state index contributed by atoms with van der Waals surface area (Å²) in [5, 5.41) is 10.6. The van der Waals surface area contributed by atoms with Crippen molar-refractivity contribution < 1.29 is 19.0 Å². The molecule has 0 amide bonds. The van der Waals surface area contributed by atoms with E-state index in [0.717, 1.165) is 0 Å². The summed E-state index contributed by atoms with van der Waals surface area (Å²) < 4.78 is 24.6. The summed E-state index contributed by atoms with van der Waals surface area (Å²) >= 11 is 0. The van der Waals surface area contributed by atoms with E-state index in [0.29, 0.717) is 31.6 Å². The fourth-order valence-corrected chi connectivity index (χ4v) is 2.25. The molecule has 0 unspecified atom stereocenters. The first-order valence-electron chi connectivity index (χ1n) is 6.50. The van der Waals surface area contributed by atoms with Crippen molar-refractivity contribution in [3.05, 3.63) is 30.3 Å². The Bertz CT molecular complexity index is 609. The standard InChI is InChI=1S/C14H15FN2O3/c15-10-2-1-3-11-12(10)13(17-9-16-11)20-8-14(18)4-6-19-7-5-14/h1-3,9,18H,4-8H2. The molecule has 20 heavy (non-hydrogen) atoms. The maximum atomic E-state index is 13.9. The first-order chi connectivity index (χ1) is 9.68. The highest BCUT2D eigenvalue weighted by Gasteiger charge is 2.31. The molecule has 6 heteroatoms. The van der Waals surface area contributed by atoms with Crippen molar-refractivity contribution in [3.8, 4) is 5.88 Å². The monoisotopic (exact) mass is 278 g/mol. The maximum absolute atomic E-state index is 13.9. The van der Waals surface area contributed by atoms with E-state index >= 15 is 0 Å². The molecule has 1 aliphatic heterocycles. The lowest BCUT2D eigenvalue weighted by Crippen LogP contribution is -2.41. The highest BCUT2D eigenvalue weighted by Crippen LogP contribution is 2.27. The van der Waals surface area contributed by atoms with Crippen molar-refractivity contribution in [1.29, 1.82) is 0 Å². The van der Waals surface area contributed by atoms with Crippen LogP contribution in [0.4, 0.5) is 4.39 Å². The fraction of sp³-hybridized carbons (Fsp3) is 0.429. The Kier molecular flexibility index (Phi) is 3.50. The highest BCUT2D eigenvalue weighted by molar-refractivity contribution is 5.83. The van der Waals surface area contributed by atoms with E-state index in [9.17, 15) is 9.50 Å². The molecule has 1 N–H and O–H groups in total. The van der Waals surface area contributed by atoms with E-state index in [1.807, 2.05) is 0 Å². The van der Waals surface area contributed by atoms with Gasteiger partial charge in [-0.2, -0.15) is 0 Å². The van der Waals surface area contributed by atoms with Gasteiger partial charge in [-0.3, -0.25) is 0 Å². The van der Waals surface area contributed by atoms with Crippen LogP contribution in [0.3, 0.4) is 0 Å². The van der Waals surface area contributed by atoms with Crippen LogP contribution in [-0.4, -0.2) is 40.5 Å². The number of hydrogen-bond acceptors (Lipinski definition) is 5. The first-order valence-corrected chi connectivity index (χ1v) is 6.50. The van der Waals surface area contributed by atoms with Crippen LogP contribution in [0.2, 0.25) is 0 Å². The molecule has 106 valence electrons. The molecule has 5 nitrogen and oxygen atoms in total. The third kappa shape index (κ3) is 2.57. The number of aromatic nitrogens is 2. The summed E-state index contributed by atoms with van der Waals surface area (Å²) in [6.07, 6.45) is 2.32. The van der Waals surface area contributed by atoms with Gasteiger partial charge >= 0.3 is 0 Å². The minimum Gasteiger partial charge on any atom is -0.474 e. The second-order valence-corrected chi connectivity index (χ2v) is 4.94. The second kappa shape index (κ2) is 5.30. The van der Waals surface area contributed by atoms with Crippen molar-refractivity contribution in [2.45, 2.75) is 18.4 Å². The van der Waals surface area contributed by atoms with E-state index < -0.39 is 11.4 Å². The molecule has 1 aromatic heterocycles. The average Bonchev–Trinajstić information content (AvgIpc) is 2.46. The Labute approximate surface area is 115 Å². The van der Waals surface area contributed by atoms with Crippen molar-refractivity contribution >= 4 is 10.9 Å². The molecule has 0 bridgehead atoms. The van der Waals surface area contributed by atoms with Gasteiger partial charge in [0.25, 0.3) is 0 Å². The van der Waals surface area contributed by atoms with Crippen LogP contribution >= 0.6 is 0 Å². The number of nitrogens with zero attached hydrogens (tertiary/aromatic N) is 2. The van der Waals surface area contributed by atoms with E-state index in [1.165, 1.54) is 12.4 Å². The Morgan fingerprint density at radius 1 is 1.30 bits per heavy atom. The van der Waals surface area contributed by atoms with Gasteiger partial charge in [0.05, 0.1) is 10.9 Å². The number of hydrogen-bond donors (Lipinski definition) is 1. The second-order valence-electron chi connectivity index (χ2n) is 4.94. The molecule has 2 aromatic rings. The zero-order valence-corrected chi connectivity index (χ0v) is 10.9. The van der Waals surface area contributed by atoms with Gasteiger partial charge in [0.2, 0.25) is 5.88 Å². The summed E-state index contributed by atoms with van der Waals surface area (Å²) in [6.45, 7) is 1.06. The van der Waals surface area contributed by atoms with Gasteiger partial charge in [-0.05, 0) is 12.1 Å². The Balaban J connectivity index is 1.84. The lowest BCUT2D eigenvalue weighted by Gasteiger charge is -2.31. The summed E-state index contributed by atoms with van der Waals surface area (Å²) in [5.41, 5.74) is -0.463. The Hall–Kier alpha value is -1.79. The van der Waals surface area contributed by atoms with Crippen molar-refractivity contribution in [2.75, 3.05) is 19.8 Å². The predicted molar refractivity (Wildman–Crippen MR) is 70.0 cm³/mol. The smallest absolute Gasteiger partial charge is 0.227 e. The van der Waals surface area contributed by atoms with E-state index in [4.69, 9.17) is 9.47 Å². The van der Waals surface area contributed by atoms with Gasteiger partial charge in [-0.15, -0.1) is 0 Å². The molecule has 1 saturated heterocycles. The SMILES string of the molecule is OC1(COc2ncnc3cccc(F)c23)CCOCC1. The van der Waals surface area contributed by atoms with Gasteiger partial charge < -0.3 is 14.6 Å². The lowest BCUT2D eigenvalue weighted by atomic mass is 9.96. The molecule has 0 saturated carbocycles.